The number of hydrogen-bond donors (Lipinski definition) is 2. The number of carbonyl (C=O) groups excluding carboxylic acids is 3. The van der Waals surface area contributed by atoms with Crippen LogP contribution in [0.1, 0.15) is 60.5 Å². The number of hydrogen-bond acceptors (Lipinski definition) is 3. The van der Waals surface area contributed by atoms with Gasteiger partial charge in [0.1, 0.15) is 6.04 Å². The highest BCUT2D eigenvalue weighted by atomic mass is 19.4. The summed E-state index contributed by atoms with van der Waals surface area (Å²) in [5.41, 5.74) is 1.11. The monoisotopic (exact) mass is 423 g/mol. The molecule has 3 atom stereocenters. The maximum absolute atomic E-state index is 12.9. The Bertz CT molecular complexity index is 853. The van der Waals surface area contributed by atoms with Gasteiger partial charge in [-0.2, -0.15) is 13.2 Å². The predicted octanol–water partition coefficient (Wildman–Crippen LogP) is 2.70. The van der Waals surface area contributed by atoms with E-state index >= 15 is 0 Å². The average Bonchev–Trinajstić information content (AvgIpc) is 3.50. The standard InChI is InChI=1S/C21H24F3N3O3/c22-21(23,24)12-4-3-5-13(10-12)26-17(28)11-25-19(29)18-15-6-1-2-7-16(15)20(30)27(18)14-8-9-14/h1-2,6-7,12-14,18H,3-5,8-11H2,(H,25,29)(H,26,28). The topological polar surface area (TPSA) is 78.5 Å². The van der Waals surface area contributed by atoms with Crippen molar-refractivity contribution in [2.45, 2.75) is 62.8 Å². The van der Waals surface area contributed by atoms with E-state index in [1.807, 2.05) is 0 Å². The van der Waals surface area contributed by atoms with E-state index < -0.39 is 36.0 Å². The van der Waals surface area contributed by atoms with E-state index in [9.17, 15) is 27.6 Å². The summed E-state index contributed by atoms with van der Waals surface area (Å²) in [6, 6.07) is 5.62. The first-order chi connectivity index (χ1) is 14.3. The molecule has 3 unspecified atom stereocenters. The first-order valence-corrected chi connectivity index (χ1v) is 10.3. The summed E-state index contributed by atoms with van der Waals surface area (Å²) in [6.07, 6.45) is -1.74. The van der Waals surface area contributed by atoms with Gasteiger partial charge in [-0.15, -0.1) is 0 Å². The first-order valence-electron chi connectivity index (χ1n) is 10.3. The lowest BCUT2D eigenvalue weighted by molar-refractivity contribution is -0.184. The molecule has 2 N–H and O–H groups in total. The Labute approximate surface area is 172 Å². The molecule has 1 aliphatic heterocycles. The average molecular weight is 423 g/mol. The molecule has 1 aromatic rings. The number of nitrogens with zero attached hydrogens (tertiary/aromatic N) is 1. The Morgan fingerprint density at radius 3 is 2.53 bits per heavy atom. The van der Waals surface area contributed by atoms with Gasteiger partial charge in [-0.3, -0.25) is 14.4 Å². The van der Waals surface area contributed by atoms with Crippen LogP contribution in [0.5, 0.6) is 0 Å². The van der Waals surface area contributed by atoms with Crippen molar-refractivity contribution in [1.82, 2.24) is 15.5 Å². The second-order valence-corrected chi connectivity index (χ2v) is 8.32. The quantitative estimate of drug-likeness (QED) is 0.765. The van der Waals surface area contributed by atoms with Crippen LogP contribution in [0.3, 0.4) is 0 Å². The van der Waals surface area contributed by atoms with Gasteiger partial charge >= 0.3 is 6.18 Å². The van der Waals surface area contributed by atoms with Crippen LogP contribution in [0.25, 0.3) is 0 Å². The van der Waals surface area contributed by atoms with E-state index in [0.717, 1.165) is 12.8 Å². The zero-order valence-electron chi connectivity index (χ0n) is 16.4. The van der Waals surface area contributed by atoms with E-state index in [1.165, 1.54) is 0 Å². The number of rotatable bonds is 5. The summed E-state index contributed by atoms with van der Waals surface area (Å²) < 4.78 is 38.8. The van der Waals surface area contributed by atoms with Crippen molar-refractivity contribution in [3.8, 4) is 0 Å². The molecule has 0 aromatic heterocycles. The van der Waals surface area contributed by atoms with Crippen molar-refractivity contribution in [1.29, 1.82) is 0 Å². The van der Waals surface area contributed by atoms with Crippen LogP contribution in [-0.2, 0) is 9.59 Å². The highest BCUT2D eigenvalue weighted by Crippen LogP contribution is 2.42. The van der Waals surface area contributed by atoms with Gasteiger partial charge < -0.3 is 15.5 Å². The van der Waals surface area contributed by atoms with Crippen LogP contribution in [0.15, 0.2) is 24.3 Å². The van der Waals surface area contributed by atoms with Crippen LogP contribution in [0.2, 0.25) is 0 Å². The molecule has 1 aromatic carbocycles. The largest absolute Gasteiger partial charge is 0.391 e. The molecule has 0 bridgehead atoms. The lowest BCUT2D eigenvalue weighted by Gasteiger charge is -2.31. The number of alkyl halides is 3. The molecule has 2 fully saturated rings. The fourth-order valence-electron chi connectivity index (χ4n) is 4.49. The molecule has 30 heavy (non-hydrogen) atoms. The summed E-state index contributed by atoms with van der Waals surface area (Å²) in [5, 5.41) is 5.17. The zero-order chi connectivity index (χ0) is 21.5. The fraction of sp³-hybridized carbons (Fsp3) is 0.571. The Kier molecular flexibility index (Phi) is 5.46. The highest BCUT2D eigenvalue weighted by Gasteiger charge is 2.47. The molecule has 4 rings (SSSR count). The number of nitrogens with one attached hydrogen (secondary N) is 2. The van der Waals surface area contributed by atoms with Crippen LogP contribution < -0.4 is 10.6 Å². The van der Waals surface area contributed by atoms with Gasteiger partial charge in [-0.05, 0) is 43.7 Å². The molecular weight excluding hydrogens is 399 g/mol. The highest BCUT2D eigenvalue weighted by molar-refractivity contribution is 6.05. The Hall–Kier alpha value is -2.58. The Balaban J connectivity index is 1.35. The molecule has 2 saturated carbocycles. The maximum atomic E-state index is 12.9. The van der Waals surface area contributed by atoms with Crippen molar-refractivity contribution >= 4 is 17.7 Å². The second kappa shape index (κ2) is 7.92. The molecule has 0 spiro atoms. The van der Waals surface area contributed by atoms with Crippen molar-refractivity contribution < 1.29 is 27.6 Å². The van der Waals surface area contributed by atoms with Crippen LogP contribution >= 0.6 is 0 Å². The number of fused-ring (bicyclic) bond motifs is 1. The van der Waals surface area contributed by atoms with E-state index in [1.54, 1.807) is 29.2 Å². The normalized spacial score (nSPS) is 26.3. The predicted molar refractivity (Wildman–Crippen MR) is 101 cm³/mol. The van der Waals surface area contributed by atoms with Crippen molar-refractivity contribution in [3.63, 3.8) is 0 Å². The van der Waals surface area contributed by atoms with Gasteiger partial charge in [0.25, 0.3) is 5.91 Å². The molecule has 2 aliphatic carbocycles. The van der Waals surface area contributed by atoms with Gasteiger partial charge in [0.2, 0.25) is 11.8 Å². The van der Waals surface area contributed by atoms with Crippen LogP contribution in [0, 0.1) is 5.92 Å². The van der Waals surface area contributed by atoms with Gasteiger partial charge in [-0.1, -0.05) is 24.6 Å². The third kappa shape index (κ3) is 4.15. The molecule has 0 radical (unpaired) electrons. The van der Waals surface area contributed by atoms with E-state index in [0.29, 0.717) is 24.0 Å². The van der Waals surface area contributed by atoms with Gasteiger partial charge in [0.15, 0.2) is 0 Å². The Morgan fingerprint density at radius 2 is 1.83 bits per heavy atom. The lowest BCUT2D eigenvalue weighted by atomic mass is 9.85. The van der Waals surface area contributed by atoms with Gasteiger partial charge in [0.05, 0.1) is 12.5 Å². The number of carbonyl (C=O) groups is 3. The van der Waals surface area contributed by atoms with Crippen molar-refractivity contribution in [2.24, 2.45) is 5.92 Å². The minimum absolute atomic E-state index is 0.0241. The van der Waals surface area contributed by atoms with Crippen molar-refractivity contribution in [3.05, 3.63) is 35.4 Å². The van der Waals surface area contributed by atoms with Gasteiger partial charge in [-0.25, -0.2) is 0 Å². The van der Waals surface area contributed by atoms with E-state index in [2.05, 4.69) is 10.6 Å². The molecule has 9 heteroatoms. The smallest absolute Gasteiger partial charge is 0.352 e. The zero-order valence-corrected chi connectivity index (χ0v) is 16.4. The summed E-state index contributed by atoms with van der Waals surface area (Å²) in [6.45, 7) is -0.336. The molecule has 1 heterocycles. The van der Waals surface area contributed by atoms with Gasteiger partial charge in [0, 0.05) is 17.6 Å². The molecule has 3 amide bonds. The Morgan fingerprint density at radius 1 is 1.10 bits per heavy atom. The summed E-state index contributed by atoms with van der Waals surface area (Å²) >= 11 is 0. The lowest BCUT2D eigenvalue weighted by Crippen LogP contribution is -2.47. The van der Waals surface area contributed by atoms with Crippen LogP contribution in [0.4, 0.5) is 13.2 Å². The first kappa shape index (κ1) is 20.7. The number of amides is 3. The molecule has 0 saturated heterocycles. The SMILES string of the molecule is O=C(CNC(=O)C1c2ccccc2C(=O)N1C1CC1)NC1CCCC(C(F)(F)F)C1. The molecule has 3 aliphatic rings. The molecule has 162 valence electrons. The summed E-state index contributed by atoms with van der Waals surface area (Å²) in [7, 11) is 0. The molecule has 6 nitrogen and oxygen atoms in total. The van der Waals surface area contributed by atoms with Crippen LogP contribution in [-0.4, -0.2) is 47.4 Å². The minimum Gasteiger partial charge on any atom is -0.352 e. The third-order valence-corrected chi connectivity index (χ3v) is 6.11. The van der Waals surface area contributed by atoms with Crippen molar-refractivity contribution in [2.75, 3.05) is 6.54 Å². The number of halogens is 3. The number of benzene rings is 1. The molecular formula is C21H24F3N3O3. The third-order valence-electron chi connectivity index (χ3n) is 6.11. The summed E-state index contributed by atoms with van der Waals surface area (Å²) in [5.74, 6) is -2.56. The summed E-state index contributed by atoms with van der Waals surface area (Å²) in [4.78, 5) is 39.3. The maximum Gasteiger partial charge on any atom is 0.391 e. The second-order valence-electron chi connectivity index (χ2n) is 8.32. The van der Waals surface area contributed by atoms with E-state index in [4.69, 9.17) is 0 Å². The fourth-order valence-corrected chi connectivity index (χ4v) is 4.49. The van der Waals surface area contributed by atoms with E-state index in [-0.39, 0.29) is 31.3 Å². The minimum atomic E-state index is -4.26.